The maximum atomic E-state index is 12.5. The van der Waals surface area contributed by atoms with E-state index in [9.17, 15) is 31.2 Å². The number of hydrogen-bond acceptors (Lipinski definition) is 6. The molecule has 0 saturated heterocycles. The van der Waals surface area contributed by atoms with Gasteiger partial charge >= 0.3 is 27.5 Å². The molecule has 2 atom stereocenters. The molecule has 1 N–H and O–H groups in total. The van der Waals surface area contributed by atoms with Gasteiger partial charge in [-0.2, -0.15) is 13.2 Å². The molecule has 30 heavy (non-hydrogen) atoms. The molecule has 178 valence electrons. The summed E-state index contributed by atoms with van der Waals surface area (Å²) in [6, 6.07) is 0. The first kappa shape index (κ1) is 28.6. The van der Waals surface area contributed by atoms with Crippen LogP contribution >= 0.6 is 0 Å². The minimum atomic E-state index is -5.50. The predicted molar refractivity (Wildman–Crippen MR) is 106 cm³/mol. The highest BCUT2D eigenvalue weighted by Crippen LogP contribution is 2.36. The molecule has 0 heterocycles. The largest absolute Gasteiger partial charge is 0.511 e. The molecule has 0 rings (SSSR count). The second-order valence-electron chi connectivity index (χ2n) is 9.18. The Kier molecular flexibility index (Phi) is 9.40. The Morgan fingerprint density at radius 1 is 1.03 bits per heavy atom. The third kappa shape index (κ3) is 7.72. The van der Waals surface area contributed by atoms with Crippen LogP contribution in [0.5, 0.6) is 0 Å². The number of rotatable bonds is 10. The van der Waals surface area contributed by atoms with Crippen molar-refractivity contribution in [2.24, 2.45) is 16.7 Å². The van der Waals surface area contributed by atoms with Gasteiger partial charge in [0, 0.05) is 12.0 Å². The first-order chi connectivity index (χ1) is 13.2. The molecule has 0 aromatic rings. The summed E-state index contributed by atoms with van der Waals surface area (Å²) >= 11 is 0. The van der Waals surface area contributed by atoms with Crippen LogP contribution in [0.3, 0.4) is 0 Å². The number of sulfonamides is 1. The van der Waals surface area contributed by atoms with Crippen LogP contribution in [0, 0.1) is 16.7 Å². The molecular formula is C19H34F3NO6S. The molecule has 0 spiro atoms. The lowest BCUT2D eigenvalue weighted by molar-refractivity contribution is -0.174. The molecule has 0 fully saturated rings. The summed E-state index contributed by atoms with van der Waals surface area (Å²) in [7, 11) is -5.50. The summed E-state index contributed by atoms with van der Waals surface area (Å²) in [6.45, 7) is 13.0. The lowest BCUT2D eigenvalue weighted by Crippen LogP contribution is -2.43. The van der Waals surface area contributed by atoms with Crippen LogP contribution in [-0.2, 0) is 29.1 Å². The molecule has 7 nitrogen and oxygen atoms in total. The van der Waals surface area contributed by atoms with Gasteiger partial charge in [-0.05, 0) is 33.6 Å². The minimum absolute atomic E-state index is 0.107. The second-order valence-corrected chi connectivity index (χ2v) is 10.9. The number of nitrogens with one attached hydrogen (secondary N) is 1. The number of ether oxygens (including phenoxy) is 2. The van der Waals surface area contributed by atoms with Gasteiger partial charge in [-0.1, -0.05) is 34.6 Å². The zero-order valence-corrected chi connectivity index (χ0v) is 19.7. The van der Waals surface area contributed by atoms with Crippen molar-refractivity contribution in [3.05, 3.63) is 0 Å². The third-order valence-electron chi connectivity index (χ3n) is 5.53. The number of alkyl halides is 3. The molecule has 0 aromatic heterocycles. The summed E-state index contributed by atoms with van der Waals surface area (Å²) in [4.78, 5) is 25.0. The Balaban J connectivity index is 4.91. The van der Waals surface area contributed by atoms with Gasteiger partial charge < -0.3 is 9.47 Å². The van der Waals surface area contributed by atoms with E-state index in [1.54, 1.807) is 34.6 Å². The highest BCUT2D eigenvalue weighted by atomic mass is 32.2. The summed E-state index contributed by atoms with van der Waals surface area (Å²) in [5.41, 5.74) is -7.57. The summed E-state index contributed by atoms with van der Waals surface area (Å²) < 4.78 is 70.6. The van der Waals surface area contributed by atoms with Crippen LogP contribution in [0.2, 0.25) is 0 Å². The molecule has 0 aliphatic rings. The van der Waals surface area contributed by atoms with Crippen molar-refractivity contribution in [2.45, 2.75) is 79.3 Å². The predicted octanol–water partition coefficient (Wildman–Crippen LogP) is 3.78. The van der Waals surface area contributed by atoms with E-state index in [0.717, 1.165) is 0 Å². The van der Waals surface area contributed by atoms with Crippen molar-refractivity contribution in [3.63, 3.8) is 0 Å². The van der Waals surface area contributed by atoms with E-state index in [2.05, 4.69) is 0 Å². The Bertz CT molecular complexity index is 713. The number of carbonyl (C=O) groups is 2. The van der Waals surface area contributed by atoms with Gasteiger partial charge in [-0.25, -0.2) is 13.1 Å². The van der Waals surface area contributed by atoms with Gasteiger partial charge in [0.05, 0.1) is 11.3 Å². The molecule has 0 aliphatic carbocycles. The average molecular weight is 462 g/mol. The normalized spacial score (nSPS) is 16.5. The third-order valence-corrected chi connectivity index (χ3v) is 6.72. The number of esters is 2. The van der Waals surface area contributed by atoms with Crippen molar-refractivity contribution >= 4 is 22.0 Å². The SMILES string of the molecule is CCC(C)(CC(C)C(=O)OC(C)(C)C(C)(C)C)C(=O)OCCNS(=O)(=O)C(F)(F)F. The number of halogens is 3. The Hall–Kier alpha value is -1.36. The Morgan fingerprint density at radius 3 is 1.93 bits per heavy atom. The Morgan fingerprint density at radius 2 is 1.53 bits per heavy atom. The lowest BCUT2D eigenvalue weighted by atomic mass is 9.78. The molecule has 0 aliphatic heterocycles. The van der Waals surface area contributed by atoms with Gasteiger partial charge in [0.25, 0.3) is 0 Å². The maximum Gasteiger partial charge on any atom is 0.511 e. The molecule has 11 heteroatoms. The van der Waals surface area contributed by atoms with Crippen LogP contribution in [0.1, 0.15) is 68.2 Å². The van der Waals surface area contributed by atoms with Crippen molar-refractivity contribution in [2.75, 3.05) is 13.2 Å². The fourth-order valence-electron chi connectivity index (χ4n) is 2.21. The zero-order valence-electron chi connectivity index (χ0n) is 18.9. The van der Waals surface area contributed by atoms with E-state index in [-0.39, 0.29) is 11.8 Å². The van der Waals surface area contributed by atoms with E-state index in [1.165, 1.54) is 4.72 Å². The Labute approximate surface area is 177 Å². The van der Waals surface area contributed by atoms with E-state index in [4.69, 9.17) is 9.47 Å². The second kappa shape index (κ2) is 9.84. The first-order valence-corrected chi connectivity index (χ1v) is 11.1. The average Bonchev–Trinajstić information content (AvgIpc) is 2.55. The van der Waals surface area contributed by atoms with E-state index >= 15 is 0 Å². The van der Waals surface area contributed by atoms with Gasteiger partial charge in [-0.15, -0.1) is 0 Å². The van der Waals surface area contributed by atoms with E-state index < -0.39 is 57.6 Å². The van der Waals surface area contributed by atoms with Crippen molar-refractivity contribution < 1.29 is 40.7 Å². The standard InChI is InChI=1S/C19H34F3NO6S/c1-9-18(8,12-13(2)14(24)29-17(6,7)16(3,4)5)15(25)28-11-10-23-30(26,27)19(20,21)22/h13,23H,9-12H2,1-8H3. The number of hydrogen-bond donors (Lipinski definition) is 1. The fraction of sp³-hybridized carbons (Fsp3) is 0.895. The molecule has 2 unspecified atom stereocenters. The highest BCUT2D eigenvalue weighted by molar-refractivity contribution is 7.90. The lowest BCUT2D eigenvalue weighted by Gasteiger charge is -2.39. The van der Waals surface area contributed by atoms with Crippen LogP contribution in [-0.4, -0.2) is 44.6 Å². The van der Waals surface area contributed by atoms with Crippen LogP contribution in [0.15, 0.2) is 0 Å². The zero-order chi connectivity index (χ0) is 24.2. The number of carbonyl (C=O) groups excluding carboxylic acids is 2. The smallest absolute Gasteiger partial charge is 0.464 e. The first-order valence-electron chi connectivity index (χ1n) is 9.66. The van der Waals surface area contributed by atoms with Crippen molar-refractivity contribution in [3.8, 4) is 0 Å². The van der Waals surface area contributed by atoms with Crippen molar-refractivity contribution in [1.29, 1.82) is 0 Å². The quantitative estimate of drug-likeness (QED) is 0.393. The van der Waals surface area contributed by atoms with Crippen molar-refractivity contribution in [1.82, 2.24) is 4.72 Å². The fourth-order valence-corrected chi connectivity index (χ4v) is 2.73. The molecular weight excluding hydrogens is 427 g/mol. The summed E-state index contributed by atoms with van der Waals surface area (Å²) in [6.07, 6.45) is 0.413. The molecule has 0 aromatic carbocycles. The van der Waals surface area contributed by atoms with Gasteiger partial charge in [0.2, 0.25) is 0 Å². The van der Waals surface area contributed by atoms with E-state index in [0.29, 0.717) is 6.42 Å². The molecule has 0 radical (unpaired) electrons. The summed E-state index contributed by atoms with van der Waals surface area (Å²) in [5.74, 6) is -1.83. The van der Waals surface area contributed by atoms with Crippen LogP contribution < -0.4 is 4.72 Å². The summed E-state index contributed by atoms with van der Waals surface area (Å²) in [5, 5.41) is 0. The van der Waals surface area contributed by atoms with Crippen LogP contribution in [0.25, 0.3) is 0 Å². The maximum absolute atomic E-state index is 12.5. The monoisotopic (exact) mass is 461 g/mol. The highest BCUT2D eigenvalue weighted by Gasteiger charge is 2.45. The van der Waals surface area contributed by atoms with Crippen LogP contribution in [0.4, 0.5) is 13.2 Å². The van der Waals surface area contributed by atoms with Gasteiger partial charge in [0.15, 0.2) is 0 Å². The van der Waals surface area contributed by atoms with Gasteiger partial charge in [-0.3, -0.25) is 9.59 Å². The van der Waals surface area contributed by atoms with E-state index in [1.807, 2.05) is 20.8 Å². The van der Waals surface area contributed by atoms with Gasteiger partial charge in [0.1, 0.15) is 12.2 Å². The topological polar surface area (TPSA) is 98.8 Å². The molecule has 0 amide bonds. The minimum Gasteiger partial charge on any atom is -0.464 e. The molecule has 0 bridgehead atoms. The molecule has 0 saturated carbocycles.